The summed E-state index contributed by atoms with van der Waals surface area (Å²) < 4.78 is 0. The summed E-state index contributed by atoms with van der Waals surface area (Å²) >= 11 is 1.87. The molecule has 14 heavy (non-hydrogen) atoms. The molecule has 0 amide bonds. The third-order valence-corrected chi connectivity index (χ3v) is 3.31. The second kappa shape index (κ2) is 5.32. The van der Waals surface area contributed by atoms with Gasteiger partial charge < -0.3 is 5.32 Å². The summed E-state index contributed by atoms with van der Waals surface area (Å²) in [6.45, 7) is 9.57. The number of aryl methyl sites for hydroxylation is 1. The molecule has 0 fully saturated rings. The first-order valence-electron chi connectivity index (χ1n) is 5.02. The fraction of sp³-hybridized carbons (Fsp3) is 0.500. The topological polar surface area (TPSA) is 12.0 Å². The number of allylic oxidation sites excluding steroid dienone is 1. The number of hydrogen-bond donors (Lipinski definition) is 1. The molecule has 0 aromatic carbocycles. The third-order valence-electron chi connectivity index (χ3n) is 2.12. The van der Waals surface area contributed by atoms with E-state index in [9.17, 15) is 0 Å². The molecule has 0 spiro atoms. The molecule has 1 rings (SSSR count). The standard InChI is InChI=1S/C12H19NS/c1-9(2)7-8-13-11(4)12-6-5-10(3)14-12/h5-7,11,13H,8H2,1-4H3. The Labute approximate surface area is 90.9 Å². The molecule has 0 saturated carbocycles. The molecule has 0 aliphatic carbocycles. The number of nitrogens with one attached hydrogen (secondary N) is 1. The van der Waals surface area contributed by atoms with Gasteiger partial charge in [0.2, 0.25) is 0 Å². The zero-order chi connectivity index (χ0) is 10.6. The molecule has 0 radical (unpaired) electrons. The van der Waals surface area contributed by atoms with Gasteiger partial charge in [-0.15, -0.1) is 11.3 Å². The monoisotopic (exact) mass is 209 g/mol. The first-order chi connectivity index (χ1) is 6.59. The van der Waals surface area contributed by atoms with Gasteiger partial charge in [-0.2, -0.15) is 0 Å². The van der Waals surface area contributed by atoms with Gasteiger partial charge in [0.25, 0.3) is 0 Å². The van der Waals surface area contributed by atoms with Crippen LogP contribution in [0.4, 0.5) is 0 Å². The lowest BCUT2D eigenvalue weighted by Gasteiger charge is -2.09. The Morgan fingerprint density at radius 1 is 1.50 bits per heavy atom. The number of thiophene rings is 1. The molecule has 1 heterocycles. The average molecular weight is 209 g/mol. The van der Waals surface area contributed by atoms with Gasteiger partial charge in [0.1, 0.15) is 0 Å². The first-order valence-corrected chi connectivity index (χ1v) is 5.84. The van der Waals surface area contributed by atoms with Gasteiger partial charge in [-0.25, -0.2) is 0 Å². The SMILES string of the molecule is CC(C)=CCNC(C)c1ccc(C)s1. The van der Waals surface area contributed by atoms with Crippen LogP contribution in [-0.4, -0.2) is 6.54 Å². The number of hydrogen-bond acceptors (Lipinski definition) is 2. The third kappa shape index (κ3) is 3.64. The van der Waals surface area contributed by atoms with E-state index in [1.807, 2.05) is 11.3 Å². The summed E-state index contributed by atoms with van der Waals surface area (Å²) in [6.07, 6.45) is 2.22. The number of rotatable bonds is 4. The van der Waals surface area contributed by atoms with Crippen molar-refractivity contribution in [2.24, 2.45) is 0 Å². The maximum Gasteiger partial charge on any atom is 0.0388 e. The molecule has 0 saturated heterocycles. The Balaban J connectivity index is 2.43. The molecular weight excluding hydrogens is 190 g/mol. The van der Waals surface area contributed by atoms with Gasteiger partial charge in [-0.3, -0.25) is 0 Å². The molecule has 0 aliphatic heterocycles. The van der Waals surface area contributed by atoms with Crippen LogP contribution in [0.3, 0.4) is 0 Å². The van der Waals surface area contributed by atoms with E-state index in [1.54, 1.807) is 0 Å². The van der Waals surface area contributed by atoms with Gasteiger partial charge in [-0.1, -0.05) is 11.6 Å². The summed E-state index contributed by atoms with van der Waals surface area (Å²) in [5.41, 5.74) is 1.37. The predicted octanol–water partition coefficient (Wildman–Crippen LogP) is 3.67. The van der Waals surface area contributed by atoms with Crippen molar-refractivity contribution in [3.05, 3.63) is 33.5 Å². The molecular formula is C12H19NS. The van der Waals surface area contributed by atoms with Crippen molar-refractivity contribution in [2.75, 3.05) is 6.54 Å². The average Bonchev–Trinajstić information content (AvgIpc) is 2.51. The van der Waals surface area contributed by atoms with E-state index in [2.05, 4.69) is 51.2 Å². The maximum absolute atomic E-state index is 3.48. The minimum Gasteiger partial charge on any atom is -0.306 e. The highest BCUT2D eigenvalue weighted by Crippen LogP contribution is 2.21. The highest BCUT2D eigenvalue weighted by atomic mass is 32.1. The largest absolute Gasteiger partial charge is 0.306 e. The molecule has 1 unspecified atom stereocenters. The van der Waals surface area contributed by atoms with Crippen LogP contribution in [0.5, 0.6) is 0 Å². The second-order valence-electron chi connectivity index (χ2n) is 3.86. The fourth-order valence-corrected chi connectivity index (χ4v) is 2.13. The van der Waals surface area contributed by atoms with Crippen molar-refractivity contribution in [3.63, 3.8) is 0 Å². The first kappa shape index (κ1) is 11.5. The summed E-state index contributed by atoms with van der Waals surface area (Å²) in [7, 11) is 0. The molecule has 0 aliphatic rings. The minimum atomic E-state index is 0.462. The van der Waals surface area contributed by atoms with Crippen LogP contribution in [0, 0.1) is 6.92 Å². The van der Waals surface area contributed by atoms with Crippen LogP contribution in [-0.2, 0) is 0 Å². The van der Waals surface area contributed by atoms with E-state index in [0.29, 0.717) is 6.04 Å². The lowest BCUT2D eigenvalue weighted by Crippen LogP contribution is -2.17. The minimum absolute atomic E-state index is 0.462. The van der Waals surface area contributed by atoms with E-state index in [0.717, 1.165) is 6.54 Å². The Morgan fingerprint density at radius 3 is 2.71 bits per heavy atom. The van der Waals surface area contributed by atoms with Crippen LogP contribution in [0.25, 0.3) is 0 Å². The lowest BCUT2D eigenvalue weighted by atomic mass is 10.2. The molecule has 78 valence electrons. The predicted molar refractivity (Wildman–Crippen MR) is 64.9 cm³/mol. The molecule has 1 N–H and O–H groups in total. The van der Waals surface area contributed by atoms with Gasteiger partial charge in [0.15, 0.2) is 0 Å². The van der Waals surface area contributed by atoms with Gasteiger partial charge in [0, 0.05) is 22.3 Å². The van der Waals surface area contributed by atoms with Crippen molar-refractivity contribution in [2.45, 2.75) is 33.7 Å². The van der Waals surface area contributed by atoms with Crippen LogP contribution in [0.1, 0.15) is 36.6 Å². The zero-order valence-electron chi connectivity index (χ0n) is 9.42. The van der Waals surface area contributed by atoms with Crippen LogP contribution in [0.2, 0.25) is 0 Å². The van der Waals surface area contributed by atoms with Crippen molar-refractivity contribution < 1.29 is 0 Å². The highest BCUT2D eigenvalue weighted by molar-refractivity contribution is 7.12. The molecule has 0 bridgehead atoms. The molecule has 2 heteroatoms. The van der Waals surface area contributed by atoms with Gasteiger partial charge >= 0.3 is 0 Å². The van der Waals surface area contributed by atoms with Crippen LogP contribution < -0.4 is 5.32 Å². The Hall–Kier alpha value is -0.600. The molecule has 1 atom stereocenters. The normalized spacial score (nSPS) is 12.6. The Morgan fingerprint density at radius 2 is 2.21 bits per heavy atom. The summed E-state index contributed by atoms with van der Waals surface area (Å²) in [5.74, 6) is 0. The van der Waals surface area contributed by atoms with Crippen molar-refractivity contribution >= 4 is 11.3 Å². The van der Waals surface area contributed by atoms with Crippen LogP contribution >= 0.6 is 11.3 Å². The molecule has 1 aromatic heterocycles. The van der Waals surface area contributed by atoms with Crippen molar-refractivity contribution in [3.8, 4) is 0 Å². The fourth-order valence-electron chi connectivity index (χ4n) is 1.23. The van der Waals surface area contributed by atoms with Crippen LogP contribution in [0.15, 0.2) is 23.8 Å². The smallest absolute Gasteiger partial charge is 0.0388 e. The molecule has 1 nitrogen and oxygen atoms in total. The van der Waals surface area contributed by atoms with E-state index < -0.39 is 0 Å². The van der Waals surface area contributed by atoms with Gasteiger partial charge in [-0.05, 0) is 39.8 Å². The van der Waals surface area contributed by atoms with E-state index >= 15 is 0 Å². The quantitative estimate of drug-likeness (QED) is 0.746. The second-order valence-corrected chi connectivity index (χ2v) is 5.18. The van der Waals surface area contributed by atoms with E-state index in [4.69, 9.17) is 0 Å². The van der Waals surface area contributed by atoms with E-state index in [-0.39, 0.29) is 0 Å². The van der Waals surface area contributed by atoms with Crippen molar-refractivity contribution in [1.82, 2.24) is 5.32 Å². The lowest BCUT2D eigenvalue weighted by molar-refractivity contribution is 0.626. The van der Waals surface area contributed by atoms with E-state index in [1.165, 1.54) is 15.3 Å². The maximum atomic E-state index is 3.48. The Kier molecular flexibility index (Phi) is 4.36. The Bertz CT molecular complexity index is 308. The summed E-state index contributed by atoms with van der Waals surface area (Å²) in [6, 6.07) is 4.85. The molecule has 1 aromatic rings. The zero-order valence-corrected chi connectivity index (χ0v) is 10.2. The van der Waals surface area contributed by atoms with Gasteiger partial charge in [0.05, 0.1) is 0 Å². The highest BCUT2D eigenvalue weighted by Gasteiger charge is 2.05. The summed E-state index contributed by atoms with van der Waals surface area (Å²) in [4.78, 5) is 2.81. The van der Waals surface area contributed by atoms with Crippen molar-refractivity contribution in [1.29, 1.82) is 0 Å². The summed E-state index contributed by atoms with van der Waals surface area (Å²) in [5, 5.41) is 3.48.